The molecule has 1 fully saturated rings. The number of hydrogen-bond acceptors (Lipinski definition) is 2. The van der Waals surface area contributed by atoms with Gasteiger partial charge in [0.25, 0.3) is 0 Å². The minimum atomic E-state index is 0.0260. The van der Waals surface area contributed by atoms with Crippen LogP contribution in [0.3, 0.4) is 0 Å². The van der Waals surface area contributed by atoms with E-state index in [1.165, 1.54) is 0 Å². The second-order valence-electron chi connectivity index (χ2n) is 4.59. The number of amides is 1. The fourth-order valence-corrected chi connectivity index (χ4v) is 2.70. The number of nitrogens with one attached hydrogen (secondary N) is 1. The van der Waals surface area contributed by atoms with E-state index in [4.69, 9.17) is 0 Å². The van der Waals surface area contributed by atoms with Gasteiger partial charge in [-0.05, 0) is 57.1 Å². The molecule has 4 heteroatoms. The highest BCUT2D eigenvalue weighted by Gasteiger charge is 2.27. The van der Waals surface area contributed by atoms with Crippen molar-refractivity contribution in [3.8, 4) is 0 Å². The summed E-state index contributed by atoms with van der Waals surface area (Å²) in [5.41, 5.74) is 1.98. The summed E-state index contributed by atoms with van der Waals surface area (Å²) < 4.78 is 1.03. The molecule has 0 spiro atoms. The van der Waals surface area contributed by atoms with Crippen molar-refractivity contribution in [2.24, 2.45) is 0 Å². The third-order valence-electron chi connectivity index (χ3n) is 3.27. The fourth-order valence-electron chi connectivity index (χ4n) is 2.22. The molecular weight excluding hydrogens is 280 g/mol. The molecule has 1 unspecified atom stereocenters. The Morgan fingerprint density at radius 3 is 2.88 bits per heavy atom. The van der Waals surface area contributed by atoms with E-state index in [1.807, 2.05) is 32.2 Å². The molecule has 1 aliphatic heterocycles. The molecule has 17 heavy (non-hydrogen) atoms. The van der Waals surface area contributed by atoms with Gasteiger partial charge in [0.05, 0.1) is 6.04 Å². The van der Waals surface area contributed by atoms with Gasteiger partial charge in [-0.15, -0.1) is 0 Å². The van der Waals surface area contributed by atoms with E-state index in [0.29, 0.717) is 0 Å². The number of halogens is 1. The second kappa shape index (κ2) is 5.19. The molecule has 1 heterocycles. The number of nitrogens with zero attached hydrogens (tertiary/aromatic N) is 1. The van der Waals surface area contributed by atoms with Gasteiger partial charge < -0.3 is 5.32 Å². The number of anilines is 1. The predicted molar refractivity (Wildman–Crippen MR) is 73.2 cm³/mol. The van der Waals surface area contributed by atoms with Gasteiger partial charge in [0.15, 0.2) is 0 Å². The largest absolute Gasteiger partial charge is 0.324 e. The topological polar surface area (TPSA) is 32.3 Å². The lowest BCUT2D eigenvalue weighted by Gasteiger charge is -2.19. The van der Waals surface area contributed by atoms with E-state index >= 15 is 0 Å². The molecule has 1 N–H and O–H groups in total. The normalized spacial score (nSPS) is 20.5. The Morgan fingerprint density at radius 2 is 2.29 bits per heavy atom. The van der Waals surface area contributed by atoms with Crippen molar-refractivity contribution in [1.82, 2.24) is 4.90 Å². The van der Waals surface area contributed by atoms with Crippen LogP contribution in [-0.2, 0) is 4.79 Å². The number of rotatable bonds is 2. The Kier molecular flexibility index (Phi) is 3.84. The molecule has 0 radical (unpaired) electrons. The van der Waals surface area contributed by atoms with Gasteiger partial charge in [0.2, 0.25) is 5.91 Å². The monoisotopic (exact) mass is 296 g/mol. The van der Waals surface area contributed by atoms with E-state index in [0.717, 1.165) is 35.1 Å². The SMILES string of the molecule is Cc1cc(Br)ccc1NC(=O)C1CCCN1C. The first kappa shape index (κ1) is 12.6. The maximum absolute atomic E-state index is 12.1. The third kappa shape index (κ3) is 2.87. The molecule has 1 saturated heterocycles. The lowest BCUT2D eigenvalue weighted by atomic mass is 10.1. The summed E-state index contributed by atoms with van der Waals surface area (Å²) in [5, 5.41) is 3.01. The van der Waals surface area contributed by atoms with Gasteiger partial charge in [-0.25, -0.2) is 0 Å². The summed E-state index contributed by atoms with van der Waals surface area (Å²) in [6.45, 7) is 3.01. The zero-order valence-electron chi connectivity index (χ0n) is 10.2. The first-order valence-electron chi connectivity index (χ1n) is 5.85. The standard InChI is InChI=1S/C13H17BrN2O/c1-9-8-10(14)5-6-11(9)15-13(17)12-4-3-7-16(12)2/h5-6,8,12H,3-4,7H2,1-2H3,(H,15,17). The number of benzene rings is 1. The first-order chi connectivity index (χ1) is 8.08. The summed E-state index contributed by atoms with van der Waals surface area (Å²) in [4.78, 5) is 14.2. The first-order valence-corrected chi connectivity index (χ1v) is 6.64. The fraction of sp³-hybridized carbons (Fsp3) is 0.462. The average Bonchev–Trinajstić information content (AvgIpc) is 2.68. The lowest BCUT2D eigenvalue weighted by Crippen LogP contribution is -2.37. The van der Waals surface area contributed by atoms with Gasteiger partial charge in [0, 0.05) is 10.2 Å². The molecule has 1 aromatic carbocycles. The number of likely N-dealkylation sites (N-methyl/N-ethyl adjacent to an activating group) is 1. The Hall–Kier alpha value is -0.870. The molecular formula is C13H17BrN2O. The molecule has 1 amide bonds. The van der Waals surface area contributed by atoms with Gasteiger partial charge >= 0.3 is 0 Å². The van der Waals surface area contributed by atoms with Crippen LogP contribution >= 0.6 is 15.9 Å². The van der Waals surface area contributed by atoms with E-state index < -0.39 is 0 Å². The van der Waals surface area contributed by atoms with Gasteiger partial charge in [0.1, 0.15) is 0 Å². The predicted octanol–water partition coefficient (Wildman–Crippen LogP) is 2.79. The average molecular weight is 297 g/mol. The molecule has 1 aromatic rings. The van der Waals surface area contributed by atoms with Crippen molar-refractivity contribution < 1.29 is 4.79 Å². The van der Waals surface area contributed by atoms with Crippen LogP contribution in [0.2, 0.25) is 0 Å². The minimum Gasteiger partial charge on any atom is -0.324 e. The van der Waals surface area contributed by atoms with Crippen LogP contribution in [0, 0.1) is 6.92 Å². The molecule has 0 aromatic heterocycles. The Labute approximate surface area is 110 Å². The zero-order chi connectivity index (χ0) is 12.4. The van der Waals surface area contributed by atoms with Crippen molar-refractivity contribution in [2.45, 2.75) is 25.8 Å². The van der Waals surface area contributed by atoms with E-state index in [1.54, 1.807) is 0 Å². The quantitative estimate of drug-likeness (QED) is 0.910. The second-order valence-corrected chi connectivity index (χ2v) is 5.50. The number of hydrogen-bond donors (Lipinski definition) is 1. The van der Waals surface area contributed by atoms with E-state index in [-0.39, 0.29) is 11.9 Å². The molecule has 0 saturated carbocycles. The van der Waals surface area contributed by atoms with Crippen molar-refractivity contribution in [3.05, 3.63) is 28.2 Å². The van der Waals surface area contributed by atoms with Crippen LogP contribution < -0.4 is 5.32 Å². The number of carbonyl (C=O) groups excluding carboxylic acids is 1. The van der Waals surface area contributed by atoms with Crippen LogP contribution in [0.15, 0.2) is 22.7 Å². The summed E-state index contributed by atoms with van der Waals surface area (Å²) in [5.74, 6) is 0.107. The van der Waals surface area contributed by atoms with Crippen molar-refractivity contribution in [3.63, 3.8) is 0 Å². The Balaban J connectivity index is 2.07. The molecule has 1 aliphatic rings. The Morgan fingerprint density at radius 1 is 1.53 bits per heavy atom. The third-order valence-corrected chi connectivity index (χ3v) is 3.76. The molecule has 0 aliphatic carbocycles. The van der Waals surface area contributed by atoms with E-state index in [2.05, 4.69) is 26.1 Å². The summed E-state index contributed by atoms with van der Waals surface area (Å²) in [6.07, 6.45) is 2.06. The smallest absolute Gasteiger partial charge is 0.241 e. The van der Waals surface area contributed by atoms with Crippen molar-refractivity contribution in [1.29, 1.82) is 0 Å². The highest BCUT2D eigenvalue weighted by atomic mass is 79.9. The lowest BCUT2D eigenvalue weighted by molar-refractivity contribution is -0.119. The number of aryl methyl sites for hydroxylation is 1. The minimum absolute atomic E-state index is 0.0260. The van der Waals surface area contributed by atoms with Crippen LogP contribution in [0.5, 0.6) is 0 Å². The van der Waals surface area contributed by atoms with Crippen LogP contribution in [0.4, 0.5) is 5.69 Å². The molecule has 92 valence electrons. The molecule has 0 bridgehead atoms. The van der Waals surface area contributed by atoms with Crippen molar-refractivity contribution >= 4 is 27.5 Å². The van der Waals surface area contributed by atoms with Gasteiger partial charge in [-0.1, -0.05) is 15.9 Å². The summed E-state index contributed by atoms with van der Waals surface area (Å²) >= 11 is 3.42. The summed E-state index contributed by atoms with van der Waals surface area (Å²) in [7, 11) is 2.01. The Bertz CT molecular complexity index is 433. The van der Waals surface area contributed by atoms with E-state index in [9.17, 15) is 4.79 Å². The van der Waals surface area contributed by atoms with Crippen LogP contribution in [-0.4, -0.2) is 30.4 Å². The maximum Gasteiger partial charge on any atom is 0.241 e. The molecule has 3 nitrogen and oxygen atoms in total. The van der Waals surface area contributed by atoms with Gasteiger partial charge in [-0.3, -0.25) is 9.69 Å². The number of carbonyl (C=O) groups is 1. The number of likely N-dealkylation sites (tertiary alicyclic amines) is 1. The van der Waals surface area contributed by atoms with Gasteiger partial charge in [-0.2, -0.15) is 0 Å². The highest BCUT2D eigenvalue weighted by molar-refractivity contribution is 9.10. The highest BCUT2D eigenvalue weighted by Crippen LogP contribution is 2.22. The van der Waals surface area contributed by atoms with Crippen molar-refractivity contribution in [2.75, 3.05) is 18.9 Å². The molecule has 2 rings (SSSR count). The molecule has 1 atom stereocenters. The zero-order valence-corrected chi connectivity index (χ0v) is 11.8. The van der Waals surface area contributed by atoms with Crippen LogP contribution in [0.1, 0.15) is 18.4 Å². The maximum atomic E-state index is 12.1. The van der Waals surface area contributed by atoms with Crippen LogP contribution in [0.25, 0.3) is 0 Å². The summed E-state index contributed by atoms with van der Waals surface area (Å²) in [6, 6.07) is 5.92.